The summed E-state index contributed by atoms with van der Waals surface area (Å²) in [6.45, 7) is -0.0435. The van der Waals surface area contributed by atoms with Gasteiger partial charge in [0.25, 0.3) is 5.69 Å². The van der Waals surface area contributed by atoms with Crippen LogP contribution in [0.25, 0.3) is 0 Å². The Bertz CT molecular complexity index is 903. The molecule has 0 spiro atoms. The molecule has 2 rings (SSSR count). The summed E-state index contributed by atoms with van der Waals surface area (Å²) >= 11 is 17.7. The van der Waals surface area contributed by atoms with Gasteiger partial charge in [0.15, 0.2) is 0 Å². The van der Waals surface area contributed by atoms with E-state index in [1.54, 1.807) is 18.2 Å². The van der Waals surface area contributed by atoms with E-state index in [2.05, 4.69) is 0 Å². The van der Waals surface area contributed by atoms with Crippen molar-refractivity contribution in [2.75, 3.05) is 7.05 Å². The summed E-state index contributed by atoms with van der Waals surface area (Å²) in [5, 5.41) is 11.3. The van der Waals surface area contributed by atoms with Crippen LogP contribution in [0.5, 0.6) is 0 Å². The summed E-state index contributed by atoms with van der Waals surface area (Å²) in [5.41, 5.74) is 0.0330. The van der Waals surface area contributed by atoms with E-state index in [-0.39, 0.29) is 21.5 Å². The Balaban J connectivity index is 2.38. The van der Waals surface area contributed by atoms with E-state index in [1.165, 1.54) is 19.2 Å². The number of halogens is 3. The largest absolute Gasteiger partial charge is 0.289 e. The van der Waals surface area contributed by atoms with Crippen molar-refractivity contribution >= 4 is 50.5 Å². The maximum Gasteiger partial charge on any atom is 0.289 e. The molecule has 0 aliphatic rings. The third kappa shape index (κ3) is 3.81. The highest BCUT2D eigenvalue weighted by atomic mass is 35.5. The molecule has 0 aromatic heterocycles. The predicted octanol–water partition coefficient (Wildman–Crippen LogP) is 4.38. The van der Waals surface area contributed by atoms with E-state index in [0.29, 0.717) is 10.6 Å². The van der Waals surface area contributed by atoms with E-state index in [0.717, 1.165) is 10.4 Å². The molecule has 0 atom stereocenters. The lowest BCUT2D eigenvalue weighted by Crippen LogP contribution is -2.26. The molecule has 0 aliphatic carbocycles. The van der Waals surface area contributed by atoms with Crippen molar-refractivity contribution in [3.8, 4) is 0 Å². The first-order chi connectivity index (χ1) is 11.1. The van der Waals surface area contributed by atoms with Crippen LogP contribution in [-0.4, -0.2) is 24.7 Å². The number of hydrogen-bond donors (Lipinski definition) is 0. The maximum absolute atomic E-state index is 12.6. The monoisotopic (exact) mass is 408 g/mol. The fraction of sp³-hybridized carbons (Fsp3) is 0.143. The van der Waals surface area contributed by atoms with Gasteiger partial charge in [-0.25, -0.2) is 8.42 Å². The minimum atomic E-state index is -3.97. The van der Waals surface area contributed by atoms with E-state index in [4.69, 9.17) is 34.8 Å². The van der Waals surface area contributed by atoms with Crippen LogP contribution in [0.15, 0.2) is 41.3 Å². The first kappa shape index (κ1) is 19.0. The van der Waals surface area contributed by atoms with Crippen molar-refractivity contribution in [3.05, 3.63) is 67.1 Å². The maximum atomic E-state index is 12.6. The van der Waals surface area contributed by atoms with Gasteiger partial charge in [0.05, 0.1) is 19.9 Å². The molecule has 0 amide bonds. The molecule has 128 valence electrons. The van der Waals surface area contributed by atoms with Gasteiger partial charge in [-0.3, -0.25) is 10.1 Å². The lowest BCUT2D eigenvalue weighted by atomic mass is 10.2. The van der Waals surface area contributed by atoms with E-state index in [1.807, 2.05) is 0 Å². The molecular weight excluding hydrogens is 399 g/mol. The van der Waals surface area contributed by atoms with Gasteiger partial charge in [-0.2, -0.15) is 4.31 Å². The number of rotatable bonds is 5. The number of nitro benzene ring substituents is 1. The normalized spacial score (nSPS) is 11.7. The average molecular weight is 410 g/mol. The molecule has 6 nitrogen and oxygen atoms in total. The molecule has 0 bridgehead atoms. The lowest BCUT2D eigenvalue weighted by molar-refractivity contribution is -0.384. The fourth-order valence-corrected chi connectivity index (χ4v) is 3.70. The molecule has 0 saturated carbocycles. The predicted molar refractivity (Wildman–Crippen MR) is 93.2 cm³/mol. The molecule has 0 radical (unpaired) electrons. The molecule has 10 heteroatoms. The zero-order valence-electron chi connectivity index (χ0n) is 12.2. The zero-order valence-corrected chi connectivity index (χ0v) is 15.3. The summed E-state index contributed by atoms with van der Waals surface area (Å²) in [7, 11) is -2.63. The van der Waals surface area contributed by atoms with Gasteiger partial charge in [0.2, 0.25) is 10.0 Å². The summed E-state index contributed by atoms with van der Waals surface area (Å²) in [4.78, 5) is 9.95. The van der Waals surface area contributed by atoms with Gasteiger partial charge < -0.3 is 0 Å². The molecule has 0 heterocycles. The number of nitrogens with zero attached hydrogens (tertiary/aromatic N) is 2. The summed E-state index contributed by atoms with van der Waals surface area (Å²) < 4.78 is 26.2. The smallest absolute Gasteiger partial charge is 0.258 e. The third-order valence-electron chi connectivity index (χ3n) is 3.25. The highest BCUT2D eigenvalue weighted by molar-refractivity contribution is 7.89. The van der Waals surface area contributed by atoms with Crippen molar-refractivity contribution in [2.24, 2.45) is 0 Å². The molecule has 2 aromatic rings. The van der Waals surface area contributed by atoms with Crippen LogP contribution in [0.4, 0.5) is 5.69 Å². The van der Waals surface area contributed by atoms with Crippen molar-refractivity contribution < 1.29 is 13.3 Å². The second-order valence-corrected chi connectivity index (χ2v) is 8.08. The Kier molecular flexibility index (Phi) is 5.72. The van der Waals surface area contributed by atoms with Crippen LogP contribution in [0, 0.1) is 10.1 Å². The molecule has 0 aliphatic heterocycles. The Morgan fingerprint density at radius 1 is 1.12 bits per heavy atom. The summed E-state index contributed by atoms with van der Waals surface area (Å²) in [6, 6.07) is 8.19. The lowest BCUT2D eigenvalue weighted by Gasteiger charge is -2.18. The fourth-order valence-electron chi connectivity index (χ4n) is 1.97. The van der Waals surface area contributed by atoms with Crippen molar-refractivity contribution in [1.82, 2.24) is 4.31 Å². The average Bonchev–Trinajstić information content (AvgIpc) is 2.51. The Morgan fingerprint density at radius 2 is 1.79 bits per heavy atom. The third-order valence-corrected chi connectivity index (χ3v) is 6.22. The van der Waals surface area contributed by atoms with Crippen LogP contribution in [0.1, 0.15) is 5.56 Å². The highest BCUT2D eigenvalue weighted by Crippen LogP contribution is 2.30. The quantitative estimate of drug-likeness (QED) is 0.542. The molecule has 0 N–H and O–H groups in total. The molecule has 0 saturated heterocycles. The van der Waals surface area contributed by atoms with Crippen molar-refractivity contribution in [2.45, 2.75) is 11.4 Å². The number of benzene rings is 2. The first-order valence-corrected chi connectivity index (χ1v) is 9.05. The van der Waals surface area contributed by atoms with Gasteiger partial charge in [0.1, 0.15) is 5.02 Å². The van der Waals surface area contributed by atoms with Crippen molar-refractivity contribution in [3.63, 3.8) is 0 Å². The molecule has 2 aromatic carbocycles. The molecule has 24 heavy (non-hydrogen) atoms. The zero-order chi connectivity index (χ0) is 18.1. The van der Waals surface area contributed by atoms with Gasteiger partial charge >= 0.3 is 0 Å². The van der Waals surface area contributed by atoms with Gasteiger partial charge in [-0.15, -0.1) is 0 Å². The Labute approximate surface area is 153 Å². The van der Waals surface area contributed by atoms with Crippen LogP contribution in [-0.2, 0) is 16.6 Å². The topological polar surface area (TPSA) is 80.5 Å². The van der Waals surface area contributed by atoms with Gasteiger partial charge in [-0.1, -0.05) is 46.9 Å². The number of sulfonamides is 1. The highest BCUT2D eigenvalue weighted by Gasteiger charge is 2.25. The van der Waals surface area contributed by atoms with Crippen LogP contribution < -0.4 is 0 Å². The molecular formula is C14H11Cl3N2O4S. The first-order valence-electron chi connectivity index (χ1n) is 6.47. The van der Waals surface area contributed by atoms with E-state index < -0.39 is 20.6 Å². The number of nitro groups is 1. The summed E-state index contributed by atoms with van der Waals surface area (Å²) in [5.74, 6) is 0. The van der Waals surface area contributed by atoms with Crippen molar-refractivity contribution in [1.29, 1.82) is 0 Å². The molecule has 0 unspecified atom stereocenters. The van der Waals surface area contributed by atoms with Crippen LogP contribution >= 0.6 is 34.8 Å². The second kappa shape index (κ2) is 7.25. The minimum Gasteiger partial charge on any atom is -0.258 e. The molecule has 0 fully saturated rings. The van der Waals surface area contributed by atoms with E-state index in [9.17, 15) is 18.5 Å². The standard InChI is InChI=1S/C14H11Cl3N2O4S/c1-18(8-9-3-2-4-12(16)14(9)17)24(22,23)10-5-6-11(15)13(7-10)19(20)21/h2-7H,8H2,1H3. The van der Waals surface area contributed by atoms with Gasteiger partial charge in [0, 0.05) is 19.7 Å². The van der Waals surface area contributed by atoms with E-state index >= 15 is 0 Å². The van der Waals surface area contributed by atoms with Crippen LogP contribution in [0.2, 0.25) is 15.1 Å². The van der Waals surface area contributed by atoms with Gasteiger partial charge in [-0.05, 0) is 23.8 Å². The number of hydrogen-bond acceptors (Lipinski definition) is 4. The summed E-state index contributed by atoms with van der Waals surface area (Å²) in [6.07, 6.45) is 0. The Morgan fingerprint density at radius 3 is 2.42 bits per heavy atom. The minimum absolute atomic E-state index is 0.0435. The Hall–Kier alpha value is -1.38. The SMILES string of the molecule is CN(Cc1cccc(Cl)c1Cl)S(=O)(=O)c1ccc(Cl)c([N+](=O)[O-])c1. The van der Waals surface area contributed by atoms with Crippen LogP contribution in [0.3, 0.4) is 0 Å². The second-order valence-electron chi connectivity index (χ2n) is 4.84.